The normalized spacial score (nSPS) is 12.1. The number of sulfonamides is 1. The molecule has 2 aromatic carbocycles. The zero-order chi connectivity index (χ0) is 22.5. The summed E-state index contributed by atoms with van der Waals surface area (Å²) in [5.41, 5.74) is -0.0911. The third-order valence-corrected chi connectivity index (χ3v) is 5.75. The highest BCUT2D eigenvalue weighted by Gasteiger charge is 2.21. The third kappa shape index (κ3) is 6.39. The number of halogens is 2. The minimum atomic E-state index is -4.07. The van der Waals surface area contributed by atoms with Crippen molar-refractivity contribution in [2.75, 3.05) is 11.9 Å². The van der Waals surface area contributed by atoms with E-state index in [9.17, 15) is 28.1 Å². The molecular formula is C17H15Cl2N3O7S. The van der Waals surface area contributed by atoms with Gasteiger partial charge in [0, 0.05) is 17.8 Å². The van der Waals surface area contributed by atoms with Crippen LogP contribution in [-0.4, -0.2) is 37.9 Å². The Kier molecular flexibility index (Phi) is 7.73. The van der Waals surface area contributed by atoms with Crippen molar-refractivity contribution in [3.63, 3.8) is 0 Å². The molecule has 0 saturated carbocycles. The van der Waals surface area contributed by atoms with Crippen molar-refractivity contribution < 1.29 is 27.7 Å². The molecule has 2 rings (SSSR count). The Balaban J connectivity index is 1.92. The smallest absolute Gasteiger partial charge is 0.321 e. The monoisotopic (exact) mass is 475 g/mol. The van der Waals surface area contributed by atoms with Gasteiger partial charge in [-0.3, -0.25) is 19.7 Å². The fourth-order valence-corrected chi connectivity index (χ4v) is 3.47. The van der Waals surface area contributed by atoms with Crippen LogP contribution >= 0.6 is 23.2 Å². The molecule has 30 heavy (non-hydrogen) atoms. The number of benzene rings is 2. The van der Waals surface area contributed by atoms with E-state index >= 15 is 0 Å². The number of carbonyl (C=O) groups is 2. The van der Waals surface area contributed by atoms with Gasteiger partial charge in [-0.15, -0.1) is 0 Å². The molecule has 2 N–H and O–H groups in total. The lowest BCUT2D eigenvalue weighted by Crippen LogP contribution is -2.35. The highest BCUT2D eigenvalue weighted by Crippen LogP contribution is 2.24. The molecule has 13 heteroatoms. The Morgan fingerprint density at radius 2 is 1.87 bits per heavy atom. The maximum absolute atomic E-state index is 12.2. The molecule has 0 aromatic heterocycles. The minimum Gasteiger partial charge on any atom is -0.452 e. The van der Waals surface area contributed by atoms with Gasteiger partial charge in [0.2, 0.25) is 10.0 Å². The lowest BCUT2D eigenvalue weighted by molar-refractivity contribution is -0.384. The molecule has 0 heterocycles. The average molecular weight is 476 g/mol. The van der Waals surface area contributed by atoms with Crippen LogP contribution in [-0.2, 0) is 24.3 Å². The van der Waals surface area contributed by atoms with Crippen molar-refractivity contribution in [2.45, 2.75) is 17.9 Å². The number of nitrogens with zero attached hydrogens (tertiary/aromatic N) is 1. The van der Waals surface area contributed by atoms with Gasteiger partial charge < -0.3 is 10.1 Å². The molecular weight excluding hydrogens is 461 g/mol. The molecule has 0 fully saturated rings. The summed E-state index contributed by atoms with van der Waals surface area (Å²) in [4.78, 5) is 33.9. The van der Waals surface area contributed by atoms with Gasteiger partial charge in [0.05, 0.1) is 19.9 Å². The van der Waals surface area contributed by atoms with E-state index in [1.54, 1.807) is 0 Å². The molecule has 1 amide bonds. The van der Waals surface area contributed by atoms with Gasteiger partial charge in [-0.25, -0.2) is 8.42 Å². The number of amides is 1. The Labute approximate surface area is 181 Å². The molecule has 2 aromatic rings. The van der Waals surface area contributed by atoms with Crippen molar-refractivity contribution in [3.05, 3.63) is 62.6 Å². The summed E-state index contributed by atoms with van der Waals surface area (Å²) in [7, 11) is -4.07. The highest BCUT2D eigenvalue weighted by atomic mass is 35.5. The fraction of sp³-hybridized carbons (Fsp3) is 0.176. The second kappa shape index (κ2) is 9.85. The van der Waals surface area contributed by atoms with Gasteiger partial charge in [-0.2, -0.15) is 4.72 Å². The predicted octanol–water partition coefficient (Wildman–Crippen LogP) is 2.75. The first-order valence-corrected chi connectivity index (χ1v) is 10.4. The quantitative estimate of drug-likeness (QED) is 0.339. The summed E-state index contributed by atoms with van der Waals surface area (Å²) in [6.07, 6.45) is -1.29. The van der Waals surface area contributed by atoms with Crippen molar-refractivity contribution >= 4 is 56.5 Å². The number of nitrogens with one attached hydrogen (secondary N) is 2. The molecule has 0 spiro atoms. The van der Waals surface area contributed by atoms with Crippen LogP contribution in [0.25, 0.3) is 0 Å². The lowest BCUT2D eigenvalue weighted by atomic mass is 10.2. The molecule has 0 saturated heterocycles. The highest BCUT2D eigenvalue weighted by molar-refractivity contribution is 7.89. The van der Waals surface area contributed by atoms with Crippen molar-refractivity contribution in [1.29, 1.82) is 0 Å². The van der Waals surface area contributed by atoms with Crippen LogP contribution in [0.15, 0.2) is 47.4 Å². The van der Waals surface area contributed by atoms with Crippen molar-refractivity contribution in [3.8, 4) is 0 Å². The predicted molar refractivity (Wildman–Crippen MR) is 109 cm³/mol. The van der Waals surface area contributed by atoms with Crippen LogP contribution in [0.1, 0.15) is 6.92 Å². The first-order valence-electron chi connectivity index (χ1n) is 8.19. The van der Waals surface area contributed by atoms with E-state index in [2.05, 4.69) is 5.32 Å². The lowest BCUT2D eigenvalue weighted by Gasteiger charge is -2.14. The van der Waals surface area contributed by atoms with E-state index in [0.29, 0.717) is 0 Å². The Bertz CT molecular complexity index is 1090. The first kappa shape index (κ1) is 23.5. The van der Waals surface area contributed by atoms with E-state index in [1.807, 2.05) is 4.72 Å². The zero-order valence-corrected chi connectivity index (χ0v) is 17.6. The molecule has 10 nitrogen and oxygen atoms in total. The second-order valence-corrected chi connectivity index (χ2v) is 8.41. The number of nitro benzene ring substituents is 1. The van der Waals surface area contributed by atoms with Gasteiger partial charge >= 0.3 is 5.97 Å². The van der Waals surface area contributed by atoms with E-state index in [4.69, 9.17) is 27.9 Å². The van der Waals surface area contributed by atoms with E-state index in [-0.39, 0.29) is 26.3 Å². The molecule has 1 atom stereocenters. The summed E-state index contributed by atoms with van der Waals surface area (Å²) in [5.74, 6) is -1.77. The van der Waals surface area contributed by atoms with Gasteiger partial charge in [-0.05, 0) is 31.2 Å². The molecule has 1 unspecified atom stereocenters. The zero-order valence-electron chi connectivity index (χ0n) is 15.3. The number of esters is 1. The number of ether oxygens (including phenoxy) is 1. The summed E-state index contributed by atoms with van der Waals surface area (Å²) in [5, 5.41) is 13.3. The maximum Gasteiger partial charge on any atom is 0.321 e. The second-order valence-electron chi connectivity index (χ2n) is 5.83. The number of hydrogen-bond acceptors (Lipinski definition) is 7. The Morgan fingerprint density at radius 3 is 2.50 bits per heavy atom. The number of hydrogen-bond donors (Lipinski definition) is 2. The van der Waals surface area contributed by atoms with Crippen molar-refractivity contribution in [1.82, 2.24) is 4.72 Å². The number of non-ortho nitro benzene ring substituents is 1. The molecule has 0 aliphatic heterocycles. The van der Waals surface area contributed by atoms with Gasteiger partial charge in [0.15, 0.2) is 6.10 Å². The topological polar surface area (TPSA) is 145 Å². The maximum atomic E-state index is 12.2. The summed E-state index contributed by atoms with van der Waals surface area (Å²) < 4.78 is 31.3. The van der Waals surface area contributed by atoms with E-state index in [0.717, 1.165) is 12.1 Å². The third-order valence-electron chi connectivity index (χ3n) is 3.61. The van der Waals surface area contributed by atoms with E-state index < -0.39 is 39.5 Å². The number of carbonyl (C=O) groups excluding carboxylic acids is 2. The van der Waals surface area contributed by atoms with Crippen LogP contribution < -0.4 is 10.0 Å². The van der Waals surface area contributed by atoms with Gasteiger partial charge in [0.25, 0.3) is 11.6 Å². The van der Waals surface area contributed by atoms with Crippen LogP contribution in [0, 0.1) is 10.1 Å². The average Bonchev–Trinajstić information content (AvgIpc) is 2.68. The standard InChI is InChI=1S/C17H15Cl2N3O7S/c1-10(17(24)21-11-3-2-4-12(7-11)22(25)26)29-16(23)9-20-30(27,28)13-5-6-14(18)15(19)8-13/h2-8,10,20H,9H2,1H3,(H,21,24). The SMILES string of the molecule is CC(OC(=O)CNS(=O)(=O)c1ccc(Cl)c(Cl)c1)C(=O)Nc1cccc([N+](=O)[O-])c1. The van der Waals surface area contributed by atoms with Gasteiger partial charge in [-0.1, -0.05) is 29.3 Å². The molecule has 0 aliphatic rings. The first-order chi connectivity index (χ1) is 14.0. The van der Waals surface area contributed by atoms with Crippen LogP contribution in [0.3, 0.4) is 0 Å². The van der Waals surface area contributed by atoms with Crippen molar-refractivity contribution in [2.24, 2.45) is 0 Å². The molecule has 0 bridgehead atoms. The van der Waals surface area contributed by atoms with Crippen LogP contribution in [0.5, 0.6) is 0 Å². The minimum absolute atomic E-state index is 0.0218. The fourth-order valence-electron chi connectivity index (χ4n) is 2.11. The number of rotatable bonds is 8. The Morgan fingerprint density at radius 1 is 1.17 bits per heavy atom. The van der Waals surface area contributed by atoms with Crippen LogP contribution in [0.2, 0.25) is 10.0 Å². The Hall–Kier alpha value is -2.73. The number of nitro groups is 1. The van der Waals surface area contributed by atoms with E-state index in [1.165, 1.54) is 37.3 Å². The molecule has 0 aliphatic carbocycles. The summed E-state index contributed by atoms with van der Waals surface area (Å²) in [6.45, 7) is 0.523. The van der Waals surface area contributed by atoms with Crippen LogP contribution in [0.4, 0.5) is 11.4 Å². The largest absolute Gasteiger partial charge is 0.452 e. The molecule has 160 valence electrons. The summed E-state index contributed by atoms with van der Waals surface area (Å²) >= 11 is 11.5. The van der Waals surface area contributed by atoms with Gasteiger partial charge in [0.1, 0.15) is 6.54 Å². The number of anilines is 1. The molecule has 0 radical (unpaired) electrons. The summed E-state index contributed by atoms with van der Waals surface area (Å²) in [6, 6.07) is 8.80.